The van der Waals surface area contributed by atoms with Gasteiger partial charge in [0.25, 0.3) is 0 Å². The highest BCUT2D eigenvalue weighted by atomic mass is 35.5. The molecule has 5 heteroatoms. The molecule has 0 unspecified atom stereocenters. The molecule has 4 nitrogen and oxygen atoms in total. The fraction of sp³-hybridized carbons (Fsp3) is 0.0667. The predicted octanol–water partition coefficient (Wildman–Crippen LogP) is 3.54. The lowest BCUT2D eigenvalue weighted by Crippen LogP contribution is -1.94. The van der Waals surface area contributed by atoms with Crippen molar-refractivity contribution in [2.45, 2.75) is 6.42 Å². The molecule has 1 N–H and O–H groups in total. The summed E-state index contributed by atoms with van der Waals surface area (Å²) >= 11 is 0. The lowest BCUT2D eigenvalue weighted by Gasteiger charge is -2.01. The maximum absolute atomic E-state index is 10.9. The predicted molar refractivity (Wildman–Crippen MR) is 77.5 cm³/mol. The third kappa shape index (κ3) is 2.65. The van der Waals surface area contributed by atoms with Crippen molar-refractivity contribution < 1.29 is 14.3 Å². The van der Waals surface area contributed by atoms with Gasteiger partial charge in [0.15, 0.2) is 0 Å². The Morgan fingerprint density at radius 1 is 1.25 bits per heavy atom. The molecule has 0 spiro atoms. The Hall–Kier alpha value is -2.33. The van der Waals surface area contributed by atoms with E-state index < -0.39 is 5.97 Å². The number of aromatic carboxylic acids is 1. The van der Waals surface area contributed by atoms with Crippen LogP contribution in [0, 0.1) is 0 Å². The smallest absolute Gasteiger partial charge is 0.372 e. The molecule has 3 rings (SSSR count). The monoisotopic (exact) mass is 289 g/mol. The van der Waals surface area contributed by atoms with E-state index in [0.717, 1.165) is 22.9 Å². The lowest BCUT2D eigenvalue weighted by atomic mass is 10.0. The molecule has 2 heterocycles. The van der Waals surface area contributed by atoms with Crippen LogP contribution in [0.2, 0.25) is 0 Å². The Morgan fingerprint density at radius 3 is 2.80 bits per heavy atom. The minimum Gasteiger partial charge on any atom is -0.475 e. The number of halogens is 1. The van der Waals surface area contributed by atoms with Crippen LogP contribution in [0.1, 0.15) is 21.7 Å². The molecule has 0 radical (unpaired) electrons. The molecule has 0 fully saturated rings. The molecule has 0 atom stereocenters. The first-order chi connectivity index (χ1) is 9.24. The summed E-state index contributed by atoms with van der Waals surface area (Å²) in [5, 5.41) is 10.4. The van der Waals surface area contributed by atoms with Gasteiger partial charge in [0, 0.05) is 23.2 Å². The summed E-state index contributed by atoms with van der Waals surface area (Å²) in [6.07, 6.45) is 5.80. The molecule has 102 valence electrons. The molecular formula is C15H12ClNO3. The van der Waals surface area contributed by atoms with E-state index in [0.29, 0.717) is 5.39 Å². The van der Waals surface area contributed by atoms with Gasteiger partial charge in [-0.3, -0.25) is 4.98 Å². The zero-order valence-corrected chi connectivity index (χ0v) is 11.3. The van der Waals surface area contributed by atoms with Crippen molar-refractivity contribution in [2.75, 3.05) is 0 Å². The molecule has 20 heavy (non-hydrogen) atoms. The Labute approximate surface area is 121 Å². The topological polar surface area (TPSA) is 63.3 Å². The molecule has 1 aromatic carbocycles. The molecule has 0 aliphatic carbocycles. The van der Waals surface area contributed by atoms with Gasteiger partial charge in [-0.05, 0) is 35.7 Å². The van der Waals surface area contributed by atoms with Crippen LogP contribution in [0.5, 0.6) is 0 Å². The summed E-state index contributed by atoms with van der Waals surface area (Å²) in [6, 6.07) is 9.55. The lowest BCUT2D eigenvalue weighted by molar-refractivity contribution is 0.0665. The van der Waals surface area contributed by atoms with Gasteiger partial charge in [0.2, 0.25) is 5.76 Å². The van der Waals surface area contributed by atoms with Crippen LogP contribution in [0.15, 0.2) is 53.4 Å². The number of benzene rings is 1. The third-order valence-corrected chi connectivity index (χ3v) is 2.99. The molecule has 0 aliphatic heterocycles. The minimum atomic E-state index is -1.05. The highest BCUT2D eigenvalue weighted by molar-refractivity contribution is 6.01. The molecule has 3 aromatic rings. The summed E-state index contributed by atoms with van der Waals surface area (Å²) in [4.78, 5) is 15.0. The number of carboxylic acid groups (broad SMARTS) is 1. The first kappa shape index (κ1) is 14.1. The second-order valence-electron chi connectivity index (χ2n) is 4.33. The van der Waals surface area contributed by atoms with Gasteiger partial charge in [-0.25, -0.2) is 4.79 Å². The summed E-state index contributed by atoms with van der Waals surface area (Å²) in [5.74, 6) is -1.06. The second-order valence-corrected chi connectivity index (χ2v) is 4.33. The zero-order valence-electron chi connectivity index (χ0n) is 10.4. The number of hydrogen-bond donors (Lipinski definition) is 1. The van der Waals surface area contributed by atoms with Gasteiger partial charge < -0.3 is 9.52 Å². The van der Waals surface area contributed by atoms with E-state index in [-0.39, 0.29) is 18.2 Å². The number of fused-ring (bicyclic) bond motifs is 1. The largest absolute Gasteiger partial charge is 0.475 e. The van der Waals surface area contributed by atoms with Gasteiger partial charge in [-0.1, -0.05) is 12.1 Å². The van der Waals surface area contributed by atoms with Gasteiger partial charge in [0.05, 0.1) is 6.26 Å². The van der Waals surface area contributed by atoms with E-state index in [9.17, 15) is 4.79 Å². The fourth-order valence-electron chi connectivity index (χ4n) is 2.12. The van der Waals surface area contributed by atoms with Crippen LogP contribution in [-0.2, 0) is 6.42 Å². The first-order valence-electron chi connectivity index (χ1n) is 5.86. The minimum absolute atomic E-state index is 0. The number of pyridine rings is 1. The Morgan fingerprint density at radius 2 is 2.10 bits per heavy atom. The van der Waals surface area contributed by atoms with Gasteiger partial charge in [-0.15, -0.1) is 12.4 Å². The van der Waals surface area contributed by atoms with Crippen LogP contribution in [0.4, 0.5) is 0 Å². The molecule has 0 saturated heterocycles. The molecule has 0 saturated carbocycles. The van der Waals surface area contributed by atoms with Gasteiger partial charge >= 0.3 is 5.97 Å². The van der Waals surface area contributed by atoms with Crippen molar-refractivity contribution in [1.29, 1.82) is 0 Å². The van der Waals surface area contributed by atoms with Crippen LogP contribution in [0.25, 0.3) is 10.8 Å². The van der Waals surface area contributed by atoms with Gasteiger partial charge in [0.1, 0.15) is 0 Å². The van der Waals surface area contributed by atoms with E-state index in [2.05, 4.69) is 4.98 Å². The standard InChI is InChI=1S/C15H11NO3.ClH/c17-15(18)14-13-4-3-10(7-12(13)9-19-14)6-11-2-1-5-16-8-11;/h1-5,7-9H,6H2,(H,17,18);1H. The molecule has 2 aromatic heterocycles. The van der Waals surface area contributed by atoms with E-state index in [4.69, 9.17) is 9.52 Å². The second kappa shape index (κ2) is 5.75. The van der Waals surface area contributed by atoms with Crippen LogP contribution in [0.3, 0.4) is 0 Å². The average molecular weight is 290 g/mol. The van der Waals surface area contributed by atoms with Crippen LogP contribution in [-0.4, -0.2) is 16.1 Å². The van der Waals surface area contributed by atoms with E-state index >= 15 is 0 Å². The molecular weight excluding hydrogens is 278 g/mol. The number of nitrogens with zero attached hydrogens (tertiary/aromatic N) is 1. The Bertz CT molecular complexity index is 737. The highest BCUT2D eigenvalue weighted by Crippen LogP contribution is 2.23. The number of hydrogen-bond acceptors (Lipinski definition) is 3. The summed E-state index contributed by atoms with van der Waals surface area (Å²) < 4.78 is 5.07. The average Bonchev–Trinajstić information content (AvgIpc) is 2.83. The first-order valence-corrected chi connectivity index (χ1v) is 5.86. The maximum atomic E-state index is 10.9. The van der Waals surface area contributed by atoms with Crippen LogP contribution >= 0.6 is 12.4 Å². The fourth-order valence-corrected chi connectivity index (χ4v) is 2.12. The number of carbonyl (C=O) groups is 1. The van der Waals surface area contributed by atoms with E-state index in [1.807, 2.05) is 30.5 Å². The SMILES string of the molecule is Cl.O=C(O)c1occ2cc(Cc3cccnc3)ccc12. The normalized spacial score (nSPS) is 10.2. The highest BCUT2D eigenvalue weighted by Gasteiger charge is 2.13. The van der Waals surface area contributed by atoms with Crippen molar-refractivity contribution in [3.63, 3.8) is 0 Å². The van der Waals surface area contributed by atoms with Gasteiger partial charge in [-0.2, -0.15) is 0 Å². The Kier molecular flexibility index (Phi) is 4.05. The zero-order chi connectivity index (χ0) is 13.2. The summed E-state index contributed by atoms with van der Waals surface area (Å²) in [6.45, 7) is 0. The van der Waals surface area contributed by atoms with E-state index in [1.54, 1.807) is 12.3 Å². The molecule has 0 bridgehead atoms. The van der Waals surface area contributed by atoms with Crippen molar-refractivity contribution >= 4 is 29.1 Å². The quantitative estimate of drug-likeness (QED) is 0.801. The maximum Gasteiger partial charge on any atom is 0.372 e. The van der Waals surface area contributed by atoms with Crippen molar-refractivity contribution in [2.24, 2.45) is 0 Å². The molecule has 0 amide bonds. The number of rotatable bonds is 3. The number of carboxylic acids is 1. The van der Waals surface area contributed by atoms with Crippen molar-refractivity contribution in [1.82, 2.24) is 4.98 Å². The van der Waals surface area contributed by atoms with Crippen molar-refractivity contribution in [3.05, 3.63) is 65.9 Å². The summed E-state index contributed by atoms with van der Waals surface area (Å²) in [5.41, 5.74) is 2.21. The molecule has 0 aliphatic rings. The van der Waals surface area contributed by atoms with E-state index in [1.165, 1.54) is 6.26 Å². The summed E-state index contributed by atoms with van der Waals surface area (Å²) in [7, 11) is 0. The Balaban J connectivity index is 0.00000147. The van der Waals surface area contributed by atoms with Crippen LogP contribution < -0.4 is 0 Å². The van der Waals surface area contributed by atoms with Crippen molar-refractivity contribution in [3.8, 4) is 0 Å². The number of furan rings is 1. The number of aromatic nitrogens is 1. The third-order valence-electron chi connectivity index (χ3n) is 2.99.